The summed E-state index contributed by atoms with van der Waals surface area (Å²) in [6, 6.07) is 1.22. The fourth-order valence-electron chi connectivity index (χ4n) is 0.635. The molecule has 0 amide bonds. The van der Waals surface area contributed by atoms with Crippen molar-refractivity contribution in [3.8, 4) is 0 Å². The largest absolute Gasteiger partial charge is 0.409 e. The molecule has 1 rings (SSSR count). The molecule has 5 nitrogen and oxygen atoms in total. The van der Waals surface area contributed by atoms with E-state index in [2.05, 4.69) is 10.3 Å². The number of halogens is 2. The number of nitrogens with zero attached hydrogens (tertiary/aromatic N) is 3. The van der Waals surface area contributed by atoms with Crippen LogP contribution in [0, 0.1) is 0 Å². The molecule has 0 aliphatic heterocycles. The lowest BCUT2D eigenvalue weighted by Gasteiger charge is -1.95. The molecule has 0 fully saturated rings. The van der Waals surface area contributed by atoms with Gasteiger partial charge in [0, 0.05) is 6.20 Å². The minimum Gasteiger partial charge on any atom is -0.409 e. The highest BCUT2D eigenvalue weighted by molar-refractivity contribution is 5.94. The second kappa shape index (κ2) is 3.16. The molecule has 1 aromatic rings. The van der Waals surface area contributed by atoms with Gasteiger partial charge in [-0.05, 0) is 6.07 Å². The summed E-state index contributed by atoms with van der Waals surface area (Å²) in [4.78, 5) is 0. The average Bonchev–Trinajstić information content (AvgIpc) is 2.51. The van der Waals surface area contributed by atoms with Crippen LogP contribution in [0.4, 0.5) is 8.78 Å². The zero-order valence-corrected chi connectivity index (χ0v) is 5.85. The highest BCUT2D eigenvalue weighted by Gasteiger charge is 2.09. The van der Waals surface area contributed by atoms with Crippen molar-refractivity contribution in [2.75, 3.05) is 0 Å². The van der Waals surface area contributed by atoms with Crippen molar-refractivity contribution in [1.82, 2.24) is 9.78 Å². The van der Waals surface area contributed by atoms with Gasteiger partial charge in [0.05, 0.1) is 0 Å². The van der Waals surface area contributed by atoms with E-state index in [0.717, 1.165) is 6.20 Å². The lowest BCUT2D eigenvalue weighted by molar-refractivity contribution is 0.0565. The van der Waals surface area contributed by atoms with Crippen LogP contribution in [-0.4, -0.2) is 20.8 Å². The summed E-state index contributed by atoms with van der Waals surface area (Å²) in [6.45, 7) is -2.72. The zero-order chi connectivity index (χ0) is 9.14. The first kappa shape index (κ1) is 8.44. The Morgan fingerprint density at radius 3 is 2.83 bits per heavy atom. The van der Waals surface area contributed by atoms with Crippen LogP contribution in [-0.2, 0) is 0 Å². The van der Waals surface area contributed by atoms with E-state index in [9.17, 15) is 8.78 Å². The van der Waals surface area contributed by atoms with Gasteiger partial charge in [0.25, 0.3) is 0 Å². The molecule has 66 valence electrons. The maximum Gasteiger partial charge on any atom is 0.333 e. The van der Waals surface area contributed by atoms with Crippen LogP contribution < -0.4 is 5.73 Å². The zero-order valence-electron chi connectivity index (χ0n) is 5.85. The van der Waals surface area contributed by atoms with Crippen molar-refractivity contribution >= 4 is 5.84 Å². The van der Waals surface area contributed by atoms with Crippen LogP contribution in [0.1, 0.15) is 12.2 Å². The summed E-state index contributed by atoms with van der Waals surface area (Å²) in [5, 5.41) is 14.1. The maximum absolute atomic E-state index is 11.9. The summed E-state index contributed by atoms with van der Waals surface area (Å²) in [5.41, 5.74) is 5.10. The van der Waals surface area contributed by atoms with Crippen LogP contribution in [0.2, 0.25) is 0 Å². The third-order valence-electron chi connectivity index (χ3n) is 1.18. The van der Waals surface area contributed by atoms with E-state index in [1.165, 1.54) is 6.07 Å². The van der Waals surface area contributed by atoms with Gasteiger partial charge >= 0.3 is 6.55 Å². The second-order valence-corrected chi connectivity index (χ2v) is 1.94. The average molecular weight is 176 g/mol. The van der Waals surface area contributed by atoms with E-state index < -0.39 is 6.55 Å². The third kappa shape index (κ3) is 1.49. The Morgan fingerprint density at radius 2 is 2.42 bits per heavy atom. The predicted octanol–water partition coefficient (Wildman–Crippen LogP) is 0.373. The molecule has 3 N–H and O–H groups in total. The number of nitrogens with two attached hydrogens (primary N) is 1. The molecule has 0 unspecified atom stereocenters. The molecule has 0 aliphatic carbocycles. The van der Waals surface area contributed by atoms with E-state index in [1.54, 1.807) is 0 Å². The van der Waals surface area contributed by atoms with Crippen LogP contribution in [0.5, 0.6) is 0 Å². The number of amidine groups is 1. The second-order valence-electron chi connectivity index (χ2n) is 1.94. The standard InChI is InChI=1S/C5H6F2N4O/c6-5(7)11-2-1-3(9-11)4(8)10-12/h1-2,5,12H,(H2,8,10). The van der Waals surface area contributed by atoms with Gasteiger partial charge in [-0.25, -0.2) is 4.68 Å². The molecule has 0 atom stereocenters. The van der Waals surface area contributed by atoms with E-state index in [-0.39, 0.29) is 11.5 Å². The van der Waals surface area contributed by atoms with E-state index in [0.29, 0.717) is 4.68 Å². The van der Waals surface area contributed by atoms with Crippen molar-refractivity contribution in [3.05, 3.63) is 18.0 Å². The number of aromatic nitrogens is 2. The SMILES string of the molecule is N/C(=N\O)c1ccn(C(F)F)n1. The Morgan fingerprint density at radius 1 is 1.75 bits per heavy atom. The fraction of sp³-hybridized carbons (Fsp3) is 0.200. The molecule has 0 aromatic carbocycles. The quantitative estimate of drug-likeness (QED) is 0.296. The first-order valence-corrected chi connectivity index (χ1v) is 2.96. The van der Waals surface area contributed by atoms with Crippen LogP contribution in [0.3, 0.4) is 0 Å². The van der Waals surface area contributed by atoms with Gasteiger partial charge < -0.3 is 10.9 Å². The predicted molar refractivity (Wildman–Crippen MR) is 36.0 cm³/mol. The summed E-state index contributed by atoms with van der Waals surface area (Å²) in [6.07, 6.45) is 1.04. The van der Waals surface area contributed by atoms with Crippen molar-refractivity contribution in [3.63, 3.8) is 0 Å². The van der Waals surface area contributed by atoms with Crippen molar-refractivity contribution < 1.29 is 14.0 Å². The summed E-state index contributed by atoms with van der Waals surface area (Å²) in [7, 11) is 0. The molecule has 1 aromatic heterocycles. The van der Waals surface area contributed by atoms with E-state index in [1.807, 2.05) is 0 Å². The van der Waals surface area contributed by atoms with Gasteiger partial charge in [-0.2, -0.15) is 13.9 Å². The van der Waals surface area contributed by atoms with Crippen LogP contribution >= 0.6 is 0 Å². The third-order valence-corrected chi connectivity index (χ3v) is 1.18. The summed E-state index contributed by atoms with van der Waals surface area (Å²) in [5.74, 6) is -0.297. The normalized spacial score (nSPS) is 12.4. The Kier molecular flexibility index (Phi) is 2.22. The molecule has 0 spiro atoms. The smallest absolute Gasteiger partial charge is 0.333 e. The van der Waals surface area contributed by atoms with E-state index >= 15 is 0 Å². The van der Waals surface area contributed by atoms with Crippen molar-refractivity contribution in [2.24, 2.45) is 10.9 Å². The number of hydrogen-bond donors (Lipinski definition) is 2. The van der Waals surface area contributed by atoms with Gasteiger partial charge in [0.2, 0.25) is 0 Å². The summed E-state index contributed by atoms with van der Waals surface area (Å²) < 4.78 is 24.2. The minimum absolute atomic E-state index is 0.0119. The van der Waals surface area contributed by atoms with E-state index in [4.69, 9.17) is 10.9 Å². The van der Waals surface area contributed by atoms with Crippen LogP contribution in [0.25, 0.3) is 0 Å². The molecular formula is C5H6F2N4O. The topological polar surface area (TPSA) is 76.4 Å². The minimum atomic E-state index is -2.72. The molecule has 7 heteroatoms. The monoisotopic (exact) mass is 176 g/mol. The Balaban J connectivity index is 2.92. The van der Waals surface area contributed by atoms with Crippen molar-refractivity contribution in [2.45, 2.75) is 6.55 Å². The van der Waals surface area contributed by atoms with Gasteiger partial charge in [0.1, 0.15) is 5.69 Å². The first-order valence-electron chi connectivity index (χ1n) is 2.96. The Labute approximate surface area is 66.1 Å². The molecule has 0 radical (unpaired) electrons. The van der Waals surface area contributed by atoms with Gasteiger partial charge in [-0.3, -0.25) is 0 Å². The Bertz CT molecular complexity index is 295. The molecular weight excluding hydrogens is 170 g/mol. The first-order chi connectivity index (χ1) is 5.65. The lowest BCUT2D eigenvalue weighted by atomic mass is 10.4. The molecule has 0 aliphatic rings. The van der Waals surface area contributed by atoms with Gasteiger partial charge in [-0.15, -0.1) is 0 Å². The van der Waals surface area contributed by atoms with Crippen molar-refractivity contribution in [1.29, 1.82) is 0 Å². The number of rotatable bonds is 2. The fourth-order valence-corrected chi connectivity index (χ4v) is 0.635. The number of oxime groups is 1. The molecule has 12 heavy (non-hydrogen) atoms. The molecule has 0 saturated carbocycles. The molecule has 0 bridgehead atoms. The molecule has 0 saturated heterocycles. The number of hydrogen-bond acceptors (Lipinski definition) is 3. The summed E-state index contributed by atoms with van der Waals surface area (Å²) >= 11 is 0. The highest BCUT2D eigenvalue weighted by atomic mass is 19.3. The lowest BCUT2D eigenvalue weighted by Crippen LogP contribution is -2.14. The Hall–Kier alpha value is -1.66. The van der Waals surface area contributed by atoms with Gasteiger partial charge in [-0.1, -0.05) is 5.16 Å². The van der Waals surface area contributed by atoms with Crippen LogP contribution in [0.15, 0.2) is 17.4 Å². The van der Waals surface area contributed by atoms with Gasteiger partial charge in [0.15, 0.2) is 5.84 Å². The highest BCUT2D eigenvalue weighted by Crippen LogP contribution is 2.08. The number of alkyl halides is 2. The molecule has 1 heterocycles. The maximum atomic E-state index is 11.9.